The number of hydrogen-bond donors (Lipinski definition) is 0. The molecule has 12 heavy (non-hydrogen) atoms. The molecule has 0 saturated carbocycles. The molecule has 0 bridgehead atoms. The van der Waals surface area contributed by atoms with E-state index in [4.69, 9.17) is 0 Å². The monoisotopic (exact) mass is 228 g/mol. The first-order valence-electron chi connectivity index (χ1n) is 0.500. The van der Waals surface area contributed by atoms with Gasteiger partial charge in [-0.15, -0.1) is 13.2 Å². The highest BCUT2D eigenvalue weighted by molar-refractivity contribution is 4.22. The van der Waals surface area contributed by atoms with Crippen LogP contribution < -0.4 is 0 Å². The normalized spacial score (nSPS) is 0.333. The lowest BCUT2D eigenvalue weighted by molar-refractivity contribution is 1.11. The Morgan fingerprint density at radius 2 is 0.250 bits per heavy atom. The summed E-state index contributed by atoms with van der Waals surface area (Å²) in [5, 5.41) is 0. The van der Waals surface area contributed by atoms with Crippen molar-refractivity contribution < 1.29 is 47.0 Å². The van der Waals surface area contributed by atoms with Crippen LogP contribution in [0.1, 0.15) is 0 Å². The molecule has 0 aliphatic rings. The van der Waals surface area contributed by atoms with Gasteiger partial charge in [0.15, 0.2) is 0 Å². The smallest absolute Gasteiger partial charge is 0.106 e. The summed E-state index contributed by atoms with van der Waals surface area (Å²) in [4.78, 5) is 0. The summed E-state index contributed by atoms with van der Waals surface area (Å²) in [6.45, 7) is 6.00. The largest absolute Gasteiger partial charge is 0.269 e. The highest BCUT2D eigenvalue weighted by atomic mass is 19.0. The molecule has 0 aromatic rings. The summed E-state index contributed by atoms with van der Waals surface area (Å²) in [6, 6.07) is 0. The maximum Gasteiger partial charge on any atom is -0.106 e. The molecular formula is C2H14F10. The van der Waals surface area contributed by atoms with E-state index >= 15 is 0 Å². The molecule has 92 valence electrons. The van der Waals surface area contributed by atoms with Gasteiger partial charge in [0.2, 0.25) is 0 Å². The molecule has 0 aliphatic carbocycles. The van der Waals surface area contributed by atoms with Crippen LogP contribution in [0, 0.1) is 0 Å². The van der Waals surface area contributed by atoms with Crippen molar-refractivity contribution >= 4 is 0 Å². The SMILES string of the molecule is C=C.F.F.F.F.F.F.F.F.F.F. The molecule has 0 rings (SSSR count). The fourth-order valence-corrected chi connectivity index (χ4v) is 0. The topological polar surface area (TPSA) is 0 Å². The second kappa shape index (κ2) is 890. The fourth-order valence-electron chi connectivity index (χ4n) is 0. The zero-order chi connectivity index (χ0) is 2.00. The van der Waals surface area contributed by atoms with Crippen molar-refractivity contribution in [3.05, 3.63) is 13.2 Å². The zero-order valence-corrected chi connectivity index (χ0v) is 5.50. The van der Waals surface area contributed by atoms with E-state index in [-0.39, 0.29) is 47.0 Å². The van der Waals surface area contributed by atoms with Gasteiger partial charge in [0.05, 0.1) is 0 Å². The first-order valence-corrected chi connectivity index (χ1v) is 0.500. The van der Waals surface area contributed by atoms with Crippen LogP contribution in [-0.4, -0.2) is 0 Å². The van der Waals surface area contributed by atoms with Crippen LogP contribution in [0.2, 0.25) is 0 Å². The first kappa shape index (κ1) is 696000. The van der Waals surface area contributed by atoms with Crippen LogP contribution in [0.25, 0.3) is 0 Å². The third-order valence-corrected chi connectivity index (χ3v) is 0. The Bertz CT molecular complexity index is 7.80. The predicted molar refractivity (Wildman–Crippen MR) is 36.3 cm³/mol. The van der Waals surface area contributed by atoms with Gasteiger partial charge >= 0.3 is 0 Å². The third kappa shape index (κ3) is 634. The molecule has 0 N–H and O–H groups in total. The molecule has 0 aromatic heterocycles. The van der Waals surface area contributed by atoms with E-state index in [0.29, 0.717) is 0 Å². The van der Waals surface area contributed by atoms with Crippen molar-refractivity contribution in [2.75, 3.05) is 0 Å². The molecule has 0 fully saturated rings. The minimum atomic E-state index is 0. The van der Waals surface area contributed by atoms with Gasteiger partial charge in [-0.2, -0.15) is 0 Å². The third-order valence-electron chi connectivity index (χ3n) is 0. The minimum absolute atomic E-state index is 0. The lowest BCUT2D eigenvalue weighted by Gasteiger charge is -0.813. The van der Waals surface area contributed by atoms with Gasteiger partial charge in [0.1, 0.15) is 0 Å². The quantitative estimate of drug-likeness (QED) is 0.441. The Hall–Kier alpha value is -0.960. The van der Waals surface area contributed by atoms with Gasteiger partial charge in [0, 0.05) is 0 Å². The fraction of sp³-hybridized carbons (Fsp3) is 0. The average Bonchev–Trinajstić information content (AvgIpc) is 1.00. The van der Waals surface area contributed by atoms with E-state index in [2.05, 4.69) is 13.2 Å². The Morgan fingerprint density at radius 3 is 0.250 bits per heavy atom. The second-order valence-electron chi connectivity index (χ2n) is 0. The molecule has 10 heteroatoms. The molecule has 0 atom stereocenters. The summed E-state index contributed by atoms with van der Waals surface area (Å²) >= 11 is 0. The molecule has 0 amide bonds. The van der Waals surface area contributed by atoms with E-state index in [9.17, 15) is 0 Å². The molecule has 0 spiro atoms. The van der Waals surface area contributed by atoms with E-state index in [1.807, 2.05) is 0 Å². The predicted octanol–water partition coefficient (Wildman–Crippen LogP) is 2.33. The number of rotatable bonds is 0. The Balaban J connectivity index is -0.000000000111. The molecule has 0 nitrogen and oxygen atoms in total. The standard InChI is InChI=1S/C2H4.10FH/c1-2;;;;;;;;;;/h1-2H2;10*1H. The van der Waals surface area contributed by atoms with Crippen molar-refractivity contribution in [3.8, 4) is 0 Å². The van der Waals surface area contributed by atoms with Crippen LogP contribution in [0.3, 0.4) is 0 Å². The minimum Gasteiger partial charge on any atom is -0.269 e. The lowest BCUT2D eigenvalue weighted by Crippen LogP contribution is -0.552. The highest BCUT2D eigenvalue weighted by Gasteiger charge is 0.601. The van der Waals surface area contributed by atoms with Crippen LogP contribution in [0.15, 0.2) is 13.2 Å². The molecule has 0 saturated heterocycles. The number of hydrogen-bond acceptors (Lipinski definition) is 0. The van der Waals surface area contributed by atoms with Gasteiger partial charge in [-0.25, -0.2) is 0 Å². The molecule has 0 aliphatic heterocycles. The average molecular weight is 228 g/mol. The van der Waals surface area contributed by atoms with Crippen LogP contribution in [-0.2, 0) is 0 Å². The van der Waals surface area contributed by atoms with Crippen molar-refractivity contribution in [1.29, 1.82) is 0 Å². The molecule has 0 aromatic carbocycles. The Kier molecular flexibility index (Phi) is 51600000. The molecule has 0 radical (unpaired) electrons. The summed E-state index contributed by atoms with van der Waals surface area (Å²) in [5.74, 6) is 0. The van der Waals surface area contributed by atoms with Crippen LogP contribution in [0.5, 0.6) is 0 Å². The molecule has 0 unspecified atom stereocenters. The van der Waals surface area contributed by atoms with Gasteiger partial charge in [-0.3, -0.25) is 47.0 Å². The summed E-state index contributed by atoms with van der Waals surface area (Å²) < 4.78 is 0. The molecular weight excluding hydrogens is 214 g/mol. The summed E-state index contributed by atoms with van der Waals surface area (Å²) in [5.41, 5.74) is 0. The van der Waals surface area contributed by atoms with Crippen LogP contribution in [0.4, 0.5) is 47.0 Å². The Labute approximate surface area is 61.7 Å². The van der Waals surface area contributed by atoms with Crippen molar-refractivity contribution in [2.24, 2.45) is 0 Å². The van der Waals surface area contributed by atoms with Gasteiger partial charge < -0.3 is 0 Å². The lowest BCUT2D eigenvalue weighted by atomic mass is 11.3. The zero-order valence-electron chi connectivity index (χ0n) is 5.50. The van der Waals surface area contributed by atoms with Crippen molar-refractivity contribution in [2.45, 2.75) is 0 Å². The van der Waals surface area contributed by atoms with E-state index in [1.54, 1.807) is 0 Å². The maximum absolute atomic E-state index is 3.00. The van der Waals surface area contributed by atoms with Gasteiger partial charge in [-0.1, -0.05) is 0 Å². The van der Waals surface area contributed by atoms with Crippen LogP contribution >= 0.6 is 0 Å². The number of halogens is 10. The first-order chi connectivity index (χ1) is 1.00. The van der Waals surface area contributed by atoms with Crippen molar-refractivity contribution in [1.82, 2.24) is 0 Å². The van der Waals surface area contributed by atoms with E-state index in [1.165, 1.54) is 0 Å². The van der Waals surface area contributed by atoms with Gasteiger partial charge in [-0.05, 0) is 0 Å². The van der Waals surface area contributed by atoms with Gasteiger partial charge in [0.25, 0.3) is 0 Å². The summed E-state index contributed by atoms with van der Waals surface area (Å²) in [7, 11) is 0. The molecule has 0 heterocycles. The second-order valence-corrected chi connectivity index (χ2v) is 0. The highest BCUT2D eigenvalue weighted by Crippen LogP contribution is 0.862. The van der Waals surface area contributed by atoms with Crippen molar-refractivity contribution in [3.63, 3.8) is 0 Å². The summed E-state index contributed by atoms with van der Waals surface area (Å²) in [6.07, 6.45) is 0. The maximum atomic E-state index is 3.00. The Morgan fingerprint density at radius 1 is 0.250 bits per heavy atom. The van der Waals surface area contributed by atoms with E-state index < -0.39 is 0 Å². The van der Waals surface area contributed by atoms with E-state index in [0.717, 1.165) is 0 Å².